The minimum atomic E-state index is 0.219. The summed E-state index contributed by atoms with van der Waals surface area (Å²) < 4.78 is 0.925. The van der Waals surface area contributed by atoms with Gasteiger partial charge in [-0.1, -0.05) is 46.3 Å². The van der Waals surface area contributed by atoms with E-state index in [2.05, 4.69) is 38.0 Å². The molecule has 110 valence electrons. The van der Waals surface area contributed by atoms with Crippen LogP contribution in [0.1, 0.15) is 17.2 Å². The fraction of sp³-hybridized carbons (Fsp3) is 0.235. The van der Waals surface area contributed by atoms with E-state index in [1.807, 2.05) is 38.4 Å². The van der Waals surface area contributed by atoms with Crippen LogP contribution >= 0.6 is 15.9 Å². The summed E-state index contributed by atoms with van der Waals surface area (Å²) in [5.74, 6) is 0.239. The lowest BCUT2D eigenvalue weighted by molar-refractivity contribution is 0.307. The Morgan fingerprint density at radius 1 is 1.19 bits per heavy atom. The standard InChI is InChI=1S/C17H19BrN2O/c1-20(2)16(13-6-4-3-5-7-13)12-19-11-14-10-15(18)8-9-17(14)21/h3-11,16,21H,12H2,1-2H3/t16-/m0/s1. The van der Waals surface area contributed by atoms with Gasteiger partial charge in [0.2, 0.25) is 0 Å². The molecule has 0 aromatic heterocycles. The maximum absolute atomic E-state index is 9.80. The zero-order valence-corrected chi connectivity index (χ0v) is 13.8. The second kappa shape index (κ2) is 7.38. The van der Waals surface area contributed by atoms with Crippen LogP contribution in [0.25, 0.3) is 0 Å². The van der Waals surface area contributed by atoms with Crippen molar-refractivity contribution in [2.75, 3.05) is 20.6 Å². The number of nitrogens with zero attached hydrogens (tertiary/aromatic N) is 2. The van der Waals surface area contributed by atoms with Crippen molar-refractivity contribution in [2.45, 2.75) is 6.04 Å². The summed E-state index contributed by atoms with van der Waals surface area (Å²) >= 11 is 3.40. The number of hydrogen-bond acceptors (Lipinski definition) is 3. The van der Waals surface area contributed by atoms with Gasteiger partial charge in [0.15, 0.2) is 0 Å². The molecule has 4 heteroatoms. The van der Waals surface area contributed by atoms with Crippen LogP contribution in [-0.4, -0.2) is 36.9 Å². The zero-order chi connectivity index (χ0) is 15.2. The predicted molar refractivity (Wildman–Crippen MR) is 91.1 cm³/mol. The molecule has 0 saturated carbocycles. The molecule has 1 N–H and O–H groups in total. The van der Waals surface area contributed by atoms with Gasteiger partial charge in [-0.3, -0.25) is 4.99 Å². The average molecular weight is 347 g/mol. The van der Waals surface area contributed by atoms with E-state index in [0.717, 1.165) is 10.0 Å². The molecular formula is C17H19BrN2O. The van der Waals surface area contributed by atoms with Crippen LogP contribution in [-0.2, 0) is 0 Å². The first kappa shape index (κ1) is 15.7. The summed E-state index contributed by atoms with van der Waals surface area (Å²) in [7, 11) is 4.09. The van der Waals surface area contributed by atoms with Gasteiger partial charge in [0.05, 0.1) is 12.6 Å². The third-order valence-corrected chi connectivity index (χ3v) is 3.80. The van der Waals surface area contributed by atoms with Crippen molar-refractivity contribution < 1.29 is 5.11 Å². The molecule has 0 spiro atoms. The van der Waals surface area contributed by atoms with Gasteiger partial charge in [0.25, 0.3) is 0 Å². The highest BCUT2D eigenvalue weighted by molar-refractivity contribution is 9.10. The topological polar surface area (TPSA) is 35.8 Å². The highest BCUT2D eigenvalue weighted by Gasteiger charge is 2.12. The van der Waals surface area contributed by atoms with E-state index in [9.17, 15) is 5.11 Å². The largest absolute Gasteiger partial charge is 0.507 e. The van der Waals surface area contributed by atoms with E-state index < -0.39 is 0 Å². The molecule has 0 aliphatic rings. The number of aromatic hydroxyl groups is 1. The van der Waals surface area contributed by atoms with Crippen molar-refractivity contribution in [3.05, 3.63) is 64.1 Å². The van der Waals surface area contributed by atoms with Crippen molar-refractivity contribution in [1.82, 2.24) is 4.90 Å². The number of aliphatic imine (C=N–C) groups is 1. The third-order valence-electron chi connectivity index (χ3n) is 3.31. The van der Waals surface area contributed by atoms with E-state index in [0.29, 0.717) is 6.54 Å². The molecule has 21 heavy (non-hydrogen) atoms. The Bertz CT molecular complexity index is 611. The Hall–Kier alpha value is -1.65. The van der Waals surface area contributed by atoms with Gasteiger partial charge < -0.3 is 10.0 Å². The molecular weight excluding hydrogens is 328 g/mol. The summed E-state index contributed by atoms with van der Waals surface area (Å²) in [6, 6.07) is 15.8. The Morgan fingerprint density at radius 3 is 2.57 bits per heavy atom. The molecule has 0 amide bonds. The first-order chi connectivity index (χ1) is 10.1. The first-order valence-corrected chi connectivity index (χ1v) is 7.57. The molecule has 0 heterocycles. The highest BCUT2D eigenvalue weighted by atomic mass is 79.9. The summed E-state index contributed by atoms with van der Waals surface area (Å²) in [6.45, 7) is 0.642. The Kier molecular flexibility index (Phi) is 5.53. The third kappa shape index (κ3) is 4.41. The van der Waals surface area contributed by atoms with Crippen LogP contribution in [0.5, 0.6) is 5.75 Å². The normalized spacial score (nSPS) is 13.0. The molecule has 2 aromatic rings. The molecule has 0 aliphatic carbocycles. The number of hydrogen-bond donors (Lipinski definition) is 1. The van der Waals surface area contributed by atoms with Crippen molar-refractivity contribution >= 4 is 22.1 Å². The first-order valence-electron chi connectivity index (χ1n) is 6.77. The van der Waals surface area contributed by atoms with E-state index in [-0.39, 0.29) is 11.8 Å². The van der Waals surface area contributed by atoms with Crippen molar-refractivity contribution in [3.63, 3.8) is 0 Å². The van der Waals surface area contributed by atoms with Gasteiger partial charge in [-0.25, -0.2) is 0 Å². The summed E-state index contributed by atoms with van der Waals surface area (Å²) in [6.07, 6.45) is 1.72. The van der Waals surface area contributed by atoms with Crippen LogP contribution < -0.4 is 0 Å². The van der Waals surface area contributed by atoms with Crippen LogP contribution in [0.3, 0.4) is 0 Å². The van der Waals surface area contributed by atoms with Gasteiger partial charge in [0.1, 0.15) is 5.75 Å². The molecule has 0 radical (unpaired) electrons. The Morgan fingerprint density at radius 2 is 1.90 bits per heavy atom. The lowest BCUT2D eigenvalue weighted by Crippen LogP contribution is -2.22. The number of phenols is 1. The molecule has 0 saturated heterocycles. The monoisotopic (exact) mass is 346 g/mol. The van der Waals surface area contributed by atoms with Gasteiger partial charge in [-0.15, -0.1) is 0 Å². The van der Waals surface area contributed by atoms with E-state index in [4.69, 9.17) is 0 Å². The lowest BCUT2D eigenvalue weighted by Gasteiger charge is -2.22. The summed E-state index contributed by atoms with van der Waals surface area (Å²) in [4.78, 5) is 6.64. The quantitative estimate of drug-likeness (QED) is 0.834. The molecule has 0 aliphatic heterocycles. The molecule has 2 rings (SSSR count). The minimum Gasteiger partial charge on any atom is -0.507 e. The number of halogens is 1. The fourth-order valence-corrected chi connectivity index (χ4v) is 2.50. The Balaban J connectivity index is 2.12. The highest BCUT2D eigenvalue weighted by Crippen LogP contribution is 2.21. The van der Waals surface area contributed by atoms with Gasteiger partial charge in [0, 0.05) is 16.3 Å². The lowest BCUT2D eigenvalue weighted by atomic mass is 10.1. The molecule has 3 nitrogen and oxygen atoms in total. The van der Waals surface area contributed by atoms with Gasteiger partial charge in [-0.05, 0) is 37.9 Å². The number of phenolic OH excluding ortho intramolecular Hbond substituents is 1. The number of likely N-dealkylation sites (N-methyl/N-ethyl adjacent to an activating group) is 1. The second-order valence-corrected chi connectivity index (χ2v) is 6.00. The SMILES string of the molecule is CN(C)[C@@H](CN=Cc1cc(Br)ccc1O)c1ccccc1. The van der Waals surface area contributed by atoms with Crippen LogP contribution in [0.2, 0.25) is 0 Å². The van der Waals surface area contributed by atoms with Crippen molar-refractivity contribution in [1.29, 1.82) is 0 Å². The summed E-state index contributed by atoms with van der Waals surface area (Å²) in [5, 5.41) is 9.80. The maximum Gasteiger partial charge on any atom is 0.124 e. The van der Waals surface area contributed by atoms with Gasteiger partial charge >= 0.3 is 0 Å². The van der Waals surface area contributed by atoms with Crippen LogP contribution in [0.4, 0.5) is 0 Å². The molecule has 0 unspecified atom stereocenters. The van der Waals surface area contributed by atoms with Crippen LogP contribution in [0, 0.1) is 0 Å². The van der Waals surface area contributed by atoms with Crippen LogP contribution in [0.15, 0.2) is 58.0 Å². The fourth-order valence-electron chi connectivity index (χ4n) is 2.12. The van der Waals surface area contributed by atoms with E-state index in [1.54, 1.807) is 18.3 Å². The van der Waals surface area contributed by atoms with Crippen molar-refractivity contribution in [2.24, 2.45) is 4.99 Å². The predicted octanol–water partition coefficient (Wildman–Crippen LogP) is 3.88. The smallest absolute Gasteiger partial charge is 0.124 e. The van der Waals surface area contributed by atoms with E-state index >= 15 is 0 Å². The van der Waals surface area contributed by atoms with Crippen molar-refractivity contribution in [3.8, 4) is 5.75 Å². The number of rotatable bonds is 5. The number of benzene rings is 2. The zero-order valence-electron chi connectivity index (χ0n) is 12.2. The van der Waals surface area contributed by atoms with E-state index in [1.165, 1.54) is 5.56 Å². The summed E-state index contributed by atoms with van der Waals surface area (Å²) in [5.41, 5.74) is 1.95. The molecule has 0 bridgehead atoms. The second-order valence-electron chi connectivity index (χ2n) is 5.09. The van der Waals surface area contributed by atoms with Gasteiger partial charge in [-0.2, -0.15) is 0 Å². The molecule has 1 atom stereocenters. The molecule has 2 aromatic carbocycles. The Labute approximate surface area is 134 Å². The maximum atomic E-state index is 9.80. The minimum absolute atomic E-state index is 0.219. The molecule has 0 fully saturated rings. The average Bonchev–Trinajstić information content (AvgIpc) is 2.47.